The van der Waals surface area contributed by atoms with Gasteiger partial charge in [-0.05, 0) is 55.0 Å². The van der Waals surface area contributed by atoms with Gasteiger partial charge in [0.25, 0.3) is 5.91 Å². The van der Waals surface area contributed by atoms with Gasteiger partial charge in [-0.2, -0.15) is 0 Å². The fraction of sp³-hybridized carbons (Fsp3) is 0.194. The average molecular weight is 587 g/mol. The number of fused-ring (bicyclic) bond motifs is 2. The van der Waals surface area contributed by atoms with Crippen LogP contribution in [-0.4, -0.2) is 49.7 Å². The molecule has 0 radical (unpaired) electrons. The van der Waals surface area contributed by atoms with Crippen LogP contribution in [0.4, 0.5) is 5.13 Å². The molecule has 1 N–H and O–H groups in total. The predicted molar refractivity (Wildman–Crippen MR) is 157 cm³/mol. The van der Waals surface area contributed by atoms with Crippen molar-refractivity contribution in [2.24, 2.45) is 0 Å². The standard InChI is InChI=1S/C31H26N2O8S/c1-5-40-18-10-11-19-24(15-18)42-31(32-19)33-26(16-9-12-20(37-2)22(13-16)39-4)25(28(35)30(33)36)27(34)23-14-17-7-6-8-21(38-3)29(17)41-23/h6-15,26,35H,5H2,1-4H3. The molecular weight excluding hydrogens is 560 g/mol. The lowest BCUT2D eigenvalue weighted by Gasteiger charge is -2.25. The van der Waals surface area contributed by atoms with Gasteiger partial charge in [-0.3, -0.25) is 14.5 Å². The summed E-state index contributed by atoms with van der Waals surface area (Å²) in [6, 6.07) is 16.3. The van der Waals surface area contributed by atoms with Gasteiger partial charge in [0.2, 0.25) is 5.78 Å². The van der Waals surface area contributed by atoms with Crippen LogP contribution in [0.1, 0.15) is 29.1 Å². The first kappa shape index (κ1) is 27.2. The molecule has 1 amide bonds. The molecule has 0 saturated heterocycles. The molecule has 3 heterocycles. The lowest BCUT2D eigenvalue weighted by Crippen LogP contribution is -2.31. The first-order valence-electron chi connectivity index (χ1n) is 13.0. The van der Waals surface area contributed by atoms with Crippen LogP contribution in [0.2, 0.25) is 0 Å². The number of rotatable bonds is 9. The topological polar surface area (TPSA) is 121 Å². The molecule has 1 atom stereocenters. The van der Waals surface area contributed by atoms with E-state index in [0.29, 0.717) is 56.8 Å². The molecular formula is C31H26N2O8S. The minimum Gasteiger partial charge on any atom is -0.503 e. The summed E-state index contributed by atoms with van der Waals surface area (Å²) >= 11 is 1.24. The summed E-state index contributed by atoms with van der Waals surface area (Å²) in [4.78, 5) is 33.8. The molecule has 6 rings (SSSR count). The third kappa shape index (κ3) is 4.38. The lowest BCUT2D eigenvalue weighted by atomic mass is 9.95. The van der Waals surface area contributed by atoms with Crippen LogP contribution < -0.4 is 23.8 Å². The SMILES string of the molecule is CCOc1ccc2nc(N3C(=O)C(O)=C(C(=O)c4cc5cccc(OC)c5o4)C3c3ccc(OC)c(OC)c3)sc2c1. The number of aromatic nitrogens is 1. The van der Waals surface area contributed by atoms with Crippen molar-refractivity contribution in [1.82, 2.24) is 4.98 Å². The summed E-state index contributed by atoms with van der Waals surface area (Å²) in [6.07, 6.45) is 0. The van der Waals surface area contributed by atoms with Gasteiger partial charge in [-0.1, -0.05) is 29.5 Å². The Morgan fingerprint density at radius 3 is 2.52 bits per heavy atom. The zero-order chi connectivity index (χ0) is 29.5. The number of anilines is 1. The van der Waals surface area contributed by atoms with Crippen LogP contribution in [-0.2, 0) is 4.79 Å². The molecule has 0 saturated carbocycles. The summed E-state index contributed by atoms with van der Waals surface area (Å²) < 4.78 is 28.6. The molecule has 1 unspecified atom stereocenters. The van der Waals surface area contributed by atoms with Gasteiger partial charge in [0.1, 0.15) is 5.75 Å². The highest BCUT2D eigenvalue weighted by Gasteiger charge is 2.47. The van der Waals surface area contributed by atoms with E-state index in [1.165, 1.54) is 37.6 Å². The minimum atomic E-state index is -1.05. The molecule has 3 aromatic carbocycles. The Bertz CT molecular complexity index is 1890. The van der Waals surface area contributed by atoms with Gasteiger partial charge < -0.3 is 28.5 Å². The molecule has 1 aliphatic rings. The van der Waals surface area contributed by atoms with Crippen LogP contribution in [0, 0.1) is 0 Å². The molecule has 1 aliphatic heterocycles. The number of carbonyl (C=O) groups excluding carboxylic acids is 2. The lowest BCUT2D eigenvalue weighted by molar-refractivity contribution is -0.117. The van der Waals surface area contributed by atoms with Crippen LogP contribution >= 0.6 is 11.3 Å². The van der Waals surface area contributed by atoms with Gasteiger partial charge in [-0.25, -0.2) is 4.98 Å². The highest BCUT2D eigenvalue weighted by atomic mass is 32.1. The maximum Gasteiger partial charge on any atom is 0.296 e. The minimum absolute atomic E-state index is 0.0539. The highest BCUT2D eigenvalue weighted by molar-refractivity contribution is 7.22. The molecule has 214 valence electrons. The summed E-state index contributed by atoms with van der Waals surface area (Å²) in [6.45, 7) is 2.39. The van der Waals surface area contributed by atoms with E-state index in [2.05, 4.69) is 4.98 Å². The molecule has 42 heavy (non-hydrogen) atoms. The number of nitrogens with zero attached hydrogens (tertiary/aromatic N) is 2. The van der Waals surface area contributed by atoms with E-state index in [4.69, 9.17) is 23.4 Å². The second-order valence-electron chi connectivity index (χ2n) is 9.33. The molecule has 5 aromatic rings. The van der Waals surface area contributed by atoms with Crippen molar-refractivity contribution < 1.29 is 38.1 Å². The van der Waals surface area contributed by atoms with Crippen LogP contribution in [0.5, 0.6) is 23.0 Å². The molecule has 0 bridgehead atoms. The number of hydrogen-bond donors (Lipinski definition) is 1. The number of carbonyl (C=O) groups is 2. The monoisotopic (exact) mass is 586 g/mol. The number of amides is 1. The second kappa shape index (κ2) is 10.7. The largest absolute Gasteiger partial charge is 0.503 e. The number of aliphatic hydroxyl groups excluding tert-OH is 1. The molecule has 10 nitrogen and oxygen atoms in total. The molecule has 2 aromatic heterocycles. The Hall–Kier alpha value is -5.03. The van der Waals surface area contributed by atoms with E-state index in [0.717, 1.165) is 4.70 Å². The fourth-order valence-corrected chi connectivity index (χ4v) is 6.09. The van der Waals surface area contributed by atoms with E-state index < -0.39 is 23.5 Å². The zero-order valence-electron chi connectivity index (χ0n) is 23.2. The van der Waals surface area contributed by atoms with Crippen LogP contribution in [0.15, 0.2) is 76.4 Å². The summed E-state index contributed by atoms with van der Waals surface area (Å²) in [5.74, 6) is -0.196. The molecule has 0 fully saturated rings. The Morgan fingerprint density at radius 1 is 1.00 bits per heavy atom. The van der Waals surface area contributed by atoms with Gasteiger partial charge in [0.05, 0.1) is 49.8 Å². The van der Waals surface area contributed by atoms with E-state index in [9.17, 15) is 14.7 Å². The molecule has 0 spiro atoms. The first-order valence-corrected chi connectivity index (χ1v) is 13.8. The van der Waals surface area contributed by atoms with Crippen LogP contribution in [0.25, 0.3) is 21.2 Å². The number of ketones is 1. The van der Waals surface area contributed by atoms with E-state index in [1.807, 2.05) is 13.0 Å². The normalized spacial score (nSPS) is 15.1. The maximum absolute atomic E-state index is 14.1. The van der Waals surface area contributed by atoms with Gasteiger partial charge in [0, 0.05) is 5.39 Å². The quantitative estimate of drug-likeness (QED) is 0.200. The average Bonchev–Trinajstić information content (AvgIpc) is 3.70. The van der Waals surface area contributed by atoms with Crippen molar-refractivity contribution in [2.45, 2.75) is 13.0 Å². The number of thiazole rings is 1. The van der Waals surface area contributed by atoms with Gasteiger partial charge in [0.15, 0.2) is 39.5 Å². The number of hydrogen-bond acceptors (Lipinski definition) is 10. The number of methoxy groups -OCH3 is 3. The van der Waals surface area contributed by atoms with Gasteiger partial charge in [-0.15, -0.1) is 0 Å². The Kier molecular flexibility index (Phi) is 6.95. The van der Waals surface area contributed by atoms with Crippen LogP contribution in [0.3, 0.4) is 0 Å². The van der Waals surface area contributed by atoms with Gasteiger partial charge >= 0.3 is 0 Å². The van der Waals surface area contributed by atoms with Crippen molar-refractivity contribution >= 4 is 49.3 Å². The molecule has 0 aliphatic carbocycles. The third-order valence-corrected chi connectivity index (χ3v) is 8.01. The number of aliphatic hydroxyl groups is 1. The summed E-state index contributed by atoms with van der Waals surface area (Å²) in [5, 5.41) is 12.2. The van der Waals surface area contributed by atoms with Crippen molar-refractivity contribution in [3.05, 3.63) is 83.3 Å². The zero-order valence-corrected chi connectivity index (χ0v) is 24.0. The number of benzene rings is 3. The summed E-state index contributed by atoms with van der Waals surface area (Å²) in [5.41, 5.74) is 1.36. The third-order valence-electron chi connectivity index (χ3n) is 6.99. The maximum atomic E-state index is 14.1. The first-order chi connectivity index (χ1) is 20.4. The van der Waals surface area contributed by atoms with Crippen molar-refractivity contribution in [2.75, 3.05) is 32.8 Å². The van der Waals surface area contributed by atoms with E-state index in [-0.39, 0.29) is 11.3 Å². The second-order valence-corrected chi connectivity index (χ2v) is 10.3. The van der Waals surface area contributed by atoms with Crippen molar-refractivity contribution in [1.29, 1.82) is 0 Å². The smallest absolute Gasteiger partial charge is 0.296 e. The molecule has 11 heteroatoms. The highest BCUT2D eigenvalue weighted by Crippen LogP contribution is 2.46. The van der Waals surface area contributed by atoms with Crippen molar-refractivity contribution in [3.63, 3.8) is 0 Å². The van der Waals surface area contributed by atoms with E-state index in [1.54, 1.807) is 54.6 Å². The number of Topliss-reactive ketones (excluding diaryl/α,β-unsaturated/α-hetero) is 1. The van der Waals surface area contributed by atoms with E-state index >= 15 is 0 Å². The number of para-hydroxylation sites is 1. The Labute approximate surface area is 244 Å². The van der Waals surface area contributed by atoms with Crippen molar-refractivity contribution in [3.8, 4) is 23.0 Å². The summed E-state index contributed by atoms with van der Waals surface area (Å²) in [7, 11) is 4.50. The number of furan rings is 1. The Balaban J connectivity index is 1.51. The fourth-order valence-electron chi connectivity index (χ4n) is 5.07. The number of ether oxygens (including phenoxy) is 4. The predicted octanol–water partition coefficient (Wildman–Crippen LogP) is 6.25. The Morgan fingerprint density at radius 2 is 1.79 bits per heavy atom.